The number of anilines is 1. The van der Waals surface area contributed by atoms with Gasteiger partial charge in [0.1, 0.15) is 5.60 Å². The van der Waals surface area contributed by atoms with Crippen LogP contribution in [0.25, 0.3) is 0 Å². The first-order valence-corrected chi connectivity index (χ1v) is 10.4. The van der Waals surface area contributed by atoms with Gasteiger partial charge in [0.15, 0.2) is 0 Å². The lowest BCUT2D eigenvalue weighted by Crippen LogP contribution is -2.59. The molecule has 2 fully saturated rings. The van der Waals surface area contributed by atoms with Crippen molar-refractivity contribution in [2.24, 2.45) is 5.41 Å². The Balaban J connectivity index is 1.75. The minimum atomic E-state index is -0.854. The van der Waals surface area contributed by atoms with Crippen molar-refractivity contribution in [1.82, 2.24) is 4.90 Å². The molecule has 0 bridgehead atoms. The van der Waals surface area contributed by atoms with Crippen LogP contribution in [0.2, 0.25) is 0 Å². The van der Waals surface area contributed by atoms with Gasteiger partial charge in [-0.3, -0.25) is 4.79 Å². The zero-order chi connectivity index (χ0) is 21.6. The Kier molecular flexibility index (Phi) is 5.35. The number of piperazine rings is 1. The van der Waals surface area contributed by atoms with Crippen LogP contribution in [0.4, 0.5) is 10.5 Å². The fraction of sp³-hybridized carbons (Fsp3) is 0.652. The molecule has 29 heavy (non-hydrogen) atoms. The molecule has 1 heterocycles. The van der Waals surface area contributed by atoms with E-state index in [0.717, 1.165) is 24.1 Å². The van der Waals surface area contributed by atoms with Crippen molar-refractivity contribution in [2.45, 2.75) is 71.4 Å². The van der Waals surface area contributed by atoms with Crippen LogP contribution in [0.15, 0.2) is 24.3 Å². The lowest BCUT2D eigenvalue weighted by atomic mass is 9.84. The van der Waals surface area contributed by atoms with Crippen molar-refractivity contribution in [2.75, 3.05) is 24.5 Å². The molecule has 1 aromatic carbocycles. The lowest BCUT2D eigenvalue weighted by molar-refractivity contribution is -0.158. The van der Waals surface area contributed by atoms with Crippen LogP contribution in [-0.2, 0) is 14.9 Å². The maximum absolute atomic E-state index is 12.7. The highest BCUT2D eigenvalue weighted by molar-refractivity contribution is 5.87. The summed E-state index contributed by atoms with van der Waals surface area (Å²) in [6, 6.07) is 8.08. The molecule has 1 aliphatic heterocycles. The van der Waals surface area contributed by atoms with Gasteiger partial charge in [0.2, 0.25) is 0 Å². The molecule has 2 aliphatic rings. The Morgan fingerprint density at radius 1 is 1.03 bits per heavy atom. The van der Waals surface area contributed by atoms with Crippen molar-refractivity contribution in [3.63, 3.8) is 0 Å². The van der Waals surface area contributed by atoms with E-state index in [-0.39, 0.29) is 17.4 Å². The van der Waals surface area contributed by atoms with Gasteiger partial charge in [-0.15, -0.1) is 0 Å². The predicted octanol–water partition coefficient (Wildman–Crippen LogP) is 4.27. The summed E-state index contributed by atoms with van der Waals surface area (Å²) in [5.41, 5.74) is 0.937. The first kappa shape index (κ1) is 21.5. The minimum absolute atomic E-state index is 0.0787. The third kappa shape index (κ3) is 4.51. The highest BCUT2D eigenvalue weighted by Crippen LogP contribution is 2.50. The number of rotatable bonds is 3. The van der Waals surface area contributed by atoms with Crippen LogP contribution >= 0.6 is 0 Å². The van der Waals surface area contributed by atoms with E-state index in [4.69, 9.17) is 4.74 Å². The van der Waals surface area contributed by atoms with Crippen LogP contribution < -0.4 is 4.90 Å². The third-order valence-electron chi connectivity index (χ3n) is 5.95. The highest BCUT2D eigenvalue weighted by Gasteiger charge is 2.53. The maximum atomic E-state index is 12.7. The summed E-state index contributed by atoms with van der Waals surface area (Å²) in [7, 11) is 0. The second kappa shape index (κ2) is 7.22. The van der Waals surface area contributed by atoms with E-state index in [1.54, 1.807) is 4.90 Å². The average Bonchev–Trinajstić information content (AvgIpc) is 3.41. The molecular formula is C23H34N2O4. The fourth-order valence-corrected chi connectivity index (χ4v) is 4.09. The van der Waals surface area contributed by atoms with Crippen LogP contribution in [-0.4, -0.2) is 53.3 Å². The number of carbonyl (C=O) groups excluding carboxylic acids is 1. The zero-order valence-electron chi connectivity index (χ0n) is 18.5. The molecule has 1 amide bonds. The topological polar surface area (TPSA) is 70.1 Å². The maximum Gasteiger partial charge on any atom is 0.407 e. The molecule has 0 spiro atoms. The van der Waals surface area contributed by atoms with Crippen molar-refractivity contribution in [3.8, 4) is 0 Å². The number of nitrogens with zero attached hydrogens (tertiary/aromatic N) is 2. The molecule has 1 saturated carbocycles. The van der Waals surface area contributed by atoms with Crippen molar-refractivity contribution < 1.29 is 19.4 Å². The summed E-state index contributed by atoms with van der Waals surface area (Å²) < 4.78 is 5.64. The van der Waals surface area contributed by atoms with Gasteiger partial charge in [0, 0.05) is 25.3 Å². The van der Waals surface area contributed by atoms with E-state index < -0.39 is 17.1 Å². The summed E-state index contributed by atoms with van der Waals surface area (Å²) >= 11 is 0. The molecule has 0 aromatic heterocycles. The summed E-state index contributed by atoms with van der Waals surface area (Å²) in [4.78, 5) is 28.1. The Morgan fingerprint density at radius 2 is 1.62 bits per heavy atom. The summed E-state index contributed by atoms with van der Waals surface area (Å²) in [5.74, 6) is -0.138. The van der Waals surface area contributed by atoms with E-state index in [0.29, 0.717) is 19.6 Å². The predicted molar refractivity (Wildman–Crippen MR) is 113 cm³/mol. The molecule has 0 radical (unpaired) electrons. The van der Waals surface area contributed by atoms with Crippen LogP contribution in [0.1, 0.15) is 59.9 Å². The number of hydrogen-bond donors (Lipinski definition) is 1. The fourth-order valence-electron chi connectivity index (χ4n) is 4.09. The van der Waals surface area contributed by atoms with E-state index >= 15 is 0 Å². The second-order valence-electron chi connectivity index (χ2n) is 10.4. The number of hydrogen-bond acceptors (Lipinski definition) is 4. The number of ether oxygens (including phenoxy) is 1. The largest absolute Gasteiger partial charge is 0.465 e. The smallest absolute Gasteiger partial charge is 0.407 e. The molecule has 160 valence electrons. The van der Waals surface area contributed by atoms with E-state index in [1.165, 1.54) is 0 Å². The molecule has 3 rings (SSSR count). The normalized spacial score (nSPS) is 21.7. The van der Waals surface area contributed by atoms with Gasteiger partial charge < -0.3 is 19.6 Å². The minimum Gasteiger partial charge on any atom is -0.465 e. The van der Waals surface area contributed by atoms with Gasteiger partial charge in [0.05, 0.1) is 11.5 Å². The van der Waals surface area contributed by atoms with Crippen molar-refractivity contribution in [1.29, 1.82) is 0 Å². The van der Waals surface area contributed by atoms with Gasteiger partial charge in [0.25, 0.3) is 0 Å². The Labute approximate surface area is 173 Å². The first-order valence-electron chi connectivity index (χ1n) is 10.4. The summed E-state index contributed by atoms with van der Waals surface area (Å²) in [5, 5.41) is 9.56. The molecule has 1 unspecified atom stereocenters. The number of esters is 1. The molecule has 1 N–H and O–H groups in total. The van der Waals surface area contributed by atoms with Crippen LogP contribution in [0.3, 0.4) is 0 Å². The second-order valence-corrected chi connectivity index (χ2v) is 10.4. The van der Waals surface area contributed by atoms with E-state index in [1.807, 2.05) is 32.9 Å². The zero-order valence-corrected chi connectivity index (χ0v) is 18.5. The number of carboxylic acid groups (broad SMARTS) is 1. The standard InChI is InChI=1S/C23H34N2O4/c1-21(2,3)18-15-24(13-14-25(18)20(27)28)17-9-7-16(8-10-17)23(11-12-23)19(26)29-22(4,5)6/h7-10,18H,11-15H2,1-6H3,(H,27,28). The van der Waals surface area contributed by atoms with Gasteiger partial charge in [-0.1, -0.05) is 32.9 Å². The van der Waals surface area contributed by atoms with Crippen LogP contribution in [0, 0.1) is 5.41 Å². The lowest BCUT2D eigenvalue weighted by Gasteiger charge is -2.46. The number of carbonyl (C=O) groups is 2. The molecule has 6 heteroatoms. The van der Waals surface area contributed by atoms with E-state index in [9.17, 15) is 14.7 Å². The monoisotopic (exact) mass is 402 g/mol. The Hall–Kier alpha value is -2.24. The quantitative estimate of drug-likeness (QED) is 0.765. The average molecular weight is 403 g/mol. The highest BCUT2D eigenvalue weighted by atomic mass is 16.6. The van der Waals surface area contributed by atoms with Crippen molar-refractivity contribution in [3.05, 3.63) is 29.8 Å². The molecule has 1 aromatic rings. The molecule has 1 atom stereocenters. The SMILES string of the molecule is CC(C)(C)OC(=O)C1(c2ccc(N3CCN(C(=O)O)C(C(C)(C)C)C3)cc2)CC1. The van der Waals surface area contributed by atoms with Crippen LogP contribution in [0.5, 0.6) is 0 Å². The first-order chi connectivity index (χ1) is 13.3. The summed E-state index contributed by atoms with van der Waals surface area (Å²) in [6.07, 6.45) is 0.794. The van der Waals surface area contributed by atoms with Gasteiger partial charge >= 0.3 is 12.1 Å². The Bertz CT molecular complexity index is 770. The number of amides is 1. The third-order valence-corrected chi connectivity index (χ3v) is 5.95. The van der Waals surface area contributed by atoms with Gasteiger partial charge in [-0.2, -0.15) is 0 Å². The molecule has 1 aliphatic carbocycles. The summed E-state index contributed by atoms with van der Waals surface area (Å²) in [6.45, 7) is 13.7. The van der Waals surface area contributed by atoms with Crippen molar-refractivity contribution >= 4 is 17.7 Å². The van der Waals surface area contributed by atoms with Gasteiger partial charge in [-0.05, 0) is 56.7 Å². The van der Waals surface area contributed by atoms with E-state index in [2.05, 4.69) is 37.8 Å². The Morgan fingerprint density at radius 3 is 2.07 bits per heavy atom. The molecule has 1 saturated heterocycles. The van der Waals surface area contributed by atoms with Gasteiger partial charge in [-0.25, -0.2) is 4.79 Å². The molecule has 6 nitrogen and oxygen atoms in total. The molecular weight excluding hydrogens is 368 g/mol. The number of benzene rings is 1.